The minimum atomic E-state index is -0.956. The van der Waals surface area contributed by atoms with Gasteiger partial charge in [0, 0.05) is 32.1 Å². The molecule has 3 rings (SSSR count). The Kier molecular flexibility index (Phi) is 7.68. The third-order valence-corrected chi connectivity index (χ3v) is 5.61. The molecular weight excluding hydrogens is 509 g/mol. The smallest absolute Gasteiger partial charge is 0.346 e. The van der Waals surface area contributed by atoms with E-state index in [9.17, 15) is 9.18 Å². The highest BCUT2D eigenvalue weighted by molar-refractivity contribution is 6.40. The van der Waals surface area contributed by atoms with Gasteiger partial charge in [0.1, 0.15) is 5.82 Å². The Balaban J connectivity index is 2.04. The molecule has 0 aromatic heterocycles. The zero-order valence-corrected chi connectivity index (χ0v) is 19.2. The quantitative estimate of drug-likeness (QED) is 0.127. The molecule has 4 nitrogen and oxygen atoms in total. The van der Waals surface area contributed by atoms with Gasteiger partial charge in [-0.15, -0.1) is 0 Å². The van der Waals surface area contributed by atoms with E-state index in [1.54, 1.807) is 0 Å². The van der Waals surface area contributed by atoms with Gasteiger partial charge in [-0.2, -0.15) is 5.10 Å². The molecule has 0 bridgehead atoms. The van der Waals surface area contributed by atoms with E-state index in [4.69, 9.17) is 68.6 Å². The summed E-state index contributed by atoms with van der Waals surface area (Å²) in [4.78, 5) is 12.6. The van der Waals surface area contributed by atoms with Crippen molar-refractivity contribution in [3.05, 3.63) is 96.2 Å². The van der Waals surface area contributed by atoms with Crippen LogP contribution < -0.4 is 10.6 Å². The van der Waals surface area contributed by atoms with Gasteiger partial charge in [0.2, 0.25) is 0 Å². The molecule has 0 unspecified atom stereocenters. The van der Waals surface area contributed by atoms with E-state index in [-0.39, 0.29) is 49.1 Å². The molecule has 3 aromatic carbocycles. The lowest BCUT2D eigenvalue weighted by molar-refractivity contribution is 0.0729. The molecule has 3 aromatic rings. The maximum Gasteiger partial charge on any atom is 0.346 e. The summed E-state index contributed by atoms with van der Waals surface area (Å²) in [6.07, 6.45) is 0.0479. The zero-order chi connectivity index (χ0) is 22.7. The van der Waals surface area contributed by atoms with Crippen LogP contribution in [0.2, 0.25) is 25.1 Å². The van der Waals surface area contributed by atoms with Crippen LogP contribution in [-0.4, -0.2) is 11.7 Å². The van der Waals surface area contributed by atoms with E-state index in [0.29, 0.717) is 10.6 Å². The molecule has 0 aliphatic carbocycles. The Bertz CT molecular complexity index is 1180. The maximum atomic E-state index is 14.0. The van der Waals surface area contributed by atoms with Gasteiger partial charge >= 0.3 is 5.97 Å². The van der Waals surface area contributed by atoms with E-state index in [1.165, 1.54) is 42.5 Å². The standard InChI is InChI=1S/C21H12Cl5FN2O2/c22-10-5-14(19(29-28)9-13-15(24)6-11(23)7-16(13)25)20(17(26)8-10)31-21(30)12-3-1-2-4-18(12)27/h1-8H,9,28H2. The van der Waals surface area contributed by atoms with Gasteiger partial charge in [0.05, 0.1) is 16.3 Å². The van der Waals surface area contributed by atoms with Crippen molar-refractivity contribution in [1.82, 2.24) is 0 Å². The Morgan fingerprint density at radius 3 is 2.10 bits per heavy atom. The first kappa shape index (κ1) is 23.6. The van der Waals surface area contributed by atoms with E-state index >= 15 is 0 Å². The molecule has 0 aliphatic rings. The number of esters is 1. The average molecular weight is 521 g/mol. The fourth-order valence-corrected chi connectivity index (χ4v) is 4.25. The van der Waals surface area contributed by atoms with Gasteiger partial charge in [0.15, 0.2) is 5.75 Å². The van der Waals surface area contributed by atoms with Crippen LogP contribution in [0.1, 0.15) is 21.5 Å². The molecule has 0 saturated carbocycles. The summed E-state index contributed by atoms with van der Waals surface area (Å²) in [6.45, 7) is 0. The maximum absolute atomic E-state index is 14.0. The van der Waals surface area contributed by atoms with E-state index in [2.05, 4.69) is 5.10 Å². The van der Waals surface area contributed by atoms with Crippen LogP contribution in [0.3, 0.4) is 0 Å². The number of carbonyl (C=O) groups is 1. The molecule has 10 heteroatoms. The van der Waals surface area contributed by atoms with Crippen molar-refractivity contribution in [3.8, 4) is 5.75 Å². The number of rotatable bonds is 5. The summed E-state index contributed by atoms with van der Waals surface area (Å²) in [5, 5.41) is 4.95. The van der Waals surface area contributed by atoms with Crippen LogP contribution in [0.5, 0.6) is 5.75 Å². The first-order chi connectivity index (χ1) is 14.7. The summed E-state index contributed by atoms with van der Waals surface area (Å²) in [5.74, 6) is 3.81. The second-order valence-electron chi connectivity index (χ2n) is 6.23. The highest BCUT2D eigenvalue weighted by Gasteiger charge is 2.23. The van der Waals surface area contributed by atoms with Crippen LogP contribution in [0, 0.1) is 5.82 Å². The molecule has 0 amide bonds. The van der Waals surface area contributed by atoms with Gasteiger partial charge < -0.3 is 10.6 Å². The normalized spacial score (nSPS) is 11.5. The predicted molar refractivity (Wildman–Crippen MR) is 124 cm³/mol. The third-order valence-electron chi connectivity index (χ3n) is 4.21. The summed E-state index contributed by atoms with van der Waals surface area (Å²) >= 11 is 30.9. The Morgan fingerprint density at radius 1 is 0.903 bits per heavy atom. The number of halogens is 6. The first-order valence-electron chi connectivity index (χ1n) is 8.57. The Hall–Kier alpha value is -2.02. The van der Waals surface area contributed by atoms with Crippen LogP contribution in [0.4, 0.5) is 4.39 Å². The fourth-order valence-electron chi connectivity index (χ4n) is 2.77. The van der Waals surface area contributed by atoms with Gasteiger partial charge in [-0.05, 0) is 42.0 Å². The summed E-state index contributed by atoms with van der Waals surface area (Å²) in [6, 6.07) is 11.2. The molecule has 0 atom stereocenters. The number of carbonyl (C=O) groups excluding carboxylic acids is 1. The molecular formula is C21H12Cl5FN2O2. The zero-order valence-electron chi connectivity index (χ0n) is 15.4. The lowest BCUT2D eigenvalue weighted by Crippen LogP contribution is -2.16. The van der Waals surface area contributed by atoms with Crippen molar-refractivity contribution >= 4 is 69.7 Å². The summed E-state index contributed by atoms with van der Waals surface area (Å²) < 4.78 is 19.4. The number of hydrogen-bond donors (Lipinski definition) is 1. The number of ether oxygens (including phenoxy) is 1. The van der Waals surface area contributed by atoms with Crippen molar-refractivity contribution in [2.45, 2.75) is 6.42 Å². The Labute approximate surface area is 202 Å². The van der Waals surface area contributed by atoms with Crippen molar-refractivity contribution in [2.75, 3.05) is 0 Å². The number of benzene rings is 3. The van der Waals surface area contributed by atoms with E-state index in [1.807, 2.05) is 0 Å². The summed E-state index contributed by atoms with van der Waals surface area (Å²) in [5.41, 5.74) is 0.646. The molecule has 0 aliphatic heterocycles. The van der Waals surface area contributed by atoms with E-state index < -0.39 is 11.8 Å². The van der Waals surface area contributed by atoms with Gasteiger partial charge in [0.25, 0.3) is 0 Å². The van der Waals surface area contributed by atoms with Crippen LogP contribution in [-0.2, 0) is 6.42 Å². The number of nitrogens with two attached hydrogens (primary N) is 1. The molecule has 0 spiro atoms. The van der Waals surface area contributed by atoms with Gasteiger partial charge in [-0.25, -0.2) is 9.18 Å². The molecule has 31 heavy (non-hydrogen) atoms. The SMILES string of the molecule is NN=C(Cc1c(Cl)cc(Cl)cc1Cl)c1cc(Cl)cc(Cl)c1OC(=O)c1ccccc1F. The highest BCUT2D eigenvalue weighted by atomic mass is 35.5. The van der Waals surface area contributed by atoms with Crippen molar-refractivity contribution in [3.63, 3.8) is 0 Å². The monoisotopic (exact) mass is 518 g/mol. The Morgan fingerprint density at radius 2 is 1.48 bits per heavy atom. The average Bonchev–Trinajstić information content (AvgIpc) is 2.69. The molecule has 0 heterocycles. The molecule has 0 fully saturated rings. The van der Waals surface area contributed by atoms with Crippen molar-refractivity contribution in [2.24, 2.45) is 10.9 Å². The molecule has 160 valence electrons. The minimum Gasteiger partial charge on any atom is -0.421 e. The second-order valence-corrected chi connectivity index (χ2v) is 8.33. The topological polar surface area (TPSA) is 64.7 Å². The molecule has 0 saturated heterocycles. The van der Waals surface area contributed by atoms with Crippen molar-refractivity contribution < 1.29 is 13.9 Å². The lowest BCUT2D eigenvalue weighted by Gasteiger charge is -2.15. The molecule has 0 radical (unpaired) electrons. The highest BCUT2D eigenvalue weighted by Crippen LogP contribution is 2.36. The third kappa shape index (κ3) is 5.43. The number of nitrogens with zero attached hydrogens (tertiary/aromatic N) is 1. The minimum absolute atomic E-state index is 0.00152. The van der Waals surface area contributed by atoms with Gasteiger partial charge in [-0.3, -0.25) is 0 Å². The van der Waals surface area contributed by atoms with Crippen LogP contribution in [0.25, 0.3) is 0 Å². The van der Waals surface area contributed by atoms with Gasteiger partial charge in [-0.1, -0.05) is 70.1 Å². The number of hydrogen-bond acceptors (Lipinski definition) is 4. The van der Waals surface area contributed by atoms with Crippen LogP contribution in [0.15, 0.2) is 53.6 Å². The predicted octanol–water partition coefficient (Wildman–Crippen LogP) is 7.22. The number of hydrazone groups is 1. The van der Waals surface area contributed by atoms with E-state index in [0.717, 1.165) is 6.07 Å². The largest absolute Gasteiger partial charge is 0.421 e. The lowest BCUT2D eigenvalue weighted by atomic mass is 10.0. The van der Waals surface area contributed by atoms with Crippen molar-refractivity contribution in [1.29, 1.82) is 0 Å². The summed E-state index contributed by atoms with van der Waals surface area (Å²) in [7, 11) is 0. The fraction of sp³-hybridized carbons (Fsp3) is 0.0476. The molecule has 2 N–H and O–H groups in total. The first-order valence-corrected chi connectivity index (χ1v) is 10.5. The second kappa shape index (κ2) is 10.1. The van der Waals surface area contributed by atoms with Crippen LogP contribution >= 0.6 is 58.0 Å².